The Bertz CT molecular complexity index is 594. The molecule has 0 aliphatic rings. The summed E-state index contributed by atoms with van der Waals surface area (Å²) in [6.07, 6.45) is 3.85. The zero-order chi connectivity index (χ0) is 13.8. The molecule has 0 spiro atoms. The Morgan fingerprint density at radius 3 is 2.89 bits per heavy atom. The summed E-state index contributed by atoms with van der Waals surface area (Å²) in [5.41, 5.74) is 1.86. The third-order valence-corrected chi connectivity index (χ3v) is 2.93. The number of aromatic amines is 1. The van der Waals surface area contributed by atoms with E-state index >= 15 is 0 Å². The van der Waals surface area contributed by atoms with Crippen LogP contribution in [0.4, 0.5) is 0 Å². The molecule has 1 atom stereocenters. The predicted molar refractivity (Wildman–Crippen MR) is 69.3 cm³/mol. The van der Waals surface area contributed by atoms with E-state index in [-0.39, 0.29) is 6.42 Å². The van der Waals surface area contributed by atoms with Crippen molar-refractivity contribution >= 4 is 23.1 Å². The van der Waals surface area contributed by atoms with E-state index in [1.54, 1.807) is 12.5 Å². The molecular weight excluding hydrogens is 246 g/mol. The minimum absolute atomic E-state index is 0.282. The highest BCUT2D eigenvalue weighted by Gasteiger charge is 2.23. The molecule has 0 aliphatic carbocycles. The molecule has 1 aromatic heterocycles. The molecule has 1 amide bonds. The van der Waals surface area contributed by atoms with Crippen LogP contribution in [-0.4, -0.2) is 28.3 Å². The molecule has 6 nitrogen and oxygen atoms in total. The average Bonchev–Trinajstić information content (AvgIpc) is 2.81. The van der Waals surface area contributed by atoms with Crippen LogP contribution in [0.15, 0.2) is 30.5 Å². The smallest absolute Gasteiger partial charge is 0.245 e. The van der Waals surface area contributed by atoms with Gasteiger partial charge in [-0.2, -0.15) is 15.9 Å². The van der Waals surface area contributed by atoms with Crippen LogP contribution in [-0.2, 0) is 20.9 Å². The molecule has 2 aromatic rings. The van der Waals surface area contributed by atoms with E-state index in [2.05, 4.69) is 9.92 Å². The van der Waals surface area contributed by atoms with Crippen LogP contribution in [0.25, 0.3) is 10.9 Å². The number of nitrogens with two attached hydrogens (primary N) is 1. The van der Waals surface area contributed by atoms with Gasteiger partial charge in [0.25, 0.3) is 0 Å². The number of hydroxylamine groups is 2. The van der Waals surface area contributed by atoms with Gasteiger partial charge in [0.15, 0.2) is 0 Å². The fraction of sp³-hybridized carbons (Fsp3) is 0.231. The van der Waals surface area contributed by atoms with Crippen molar-refractivity contribution < 1.29 is 14.5 Å². The van der Waals surface area contributed by atoms with Crippen molar-refractivity contribution in [2.75, 3.05) is 0 Å². The molecule has 1 heterocycles. The number of nitrogens with zero attached hydrogens (tertiary/aromatic N) is 1. The van der Waals surface area contributed by atoms with Crippen LogP contribution >= 0.6 is 0 Å². The maximum absolute atomic E-state index is 11.3. The summed E-state index contributed by atoms with van der Waals surface area (Å²) in [5, 5.41) is 1.80. The average molecular weight is 260 g/mol. The lowest BCUT2D eigenvalue weighted by Crippen LogP contribution is -2.43. The lowest BCUT2D eigenvalue weighted by Gasteiger charge is -2.22. The minimum Gasteiger partial charge on any atom is -0.361 e. The number of H-pyrrole nitrogens is 1. The Kier molecular flexibility index (Phi) is 3.94. The Morgan fingerprint density at radius 1 is 1.53 bits per heavy atom. The fourth-order valence-electron chi connectivity index (χ4n) is 2.05. The third-order valence-electron chi connectivity index (χ3n) is 2.93. The Hall–Kier alpha value is -2.18. The number of fused-ring (bicyclic) bond motifs is 1. The quantitative estimate of drug-likeness (QED) is 0.780. The maximum atomic E-state index is 11.3. The SMILES string of the molecule is CC(=O)N(ON)[C@H]([C]=O)Cc1c[nH]c2ccccc12. The van der Waals surface area contributed by atoms with E-state index in [9.17, 15) is 9.59 Å². The Labute approximate surface area is 110 Å². The largest absolute Gasteiger partial charge is 0.361 e. The number of hydrogen-bond acceptors (Lipinski definition) is 4. The number of para-hydroxylation sites is 1. The highest BCUT2D eigenvalue weighted by atomic mass is 16.8. The van der Waals surface area contributed by atoms with Crippen LogP contribution in [0.5, 0.6) is 0 Å². The number of aromatic nitrogens is 1. The standard InChI is InChI=1S/C13H14N3O3/c1-9(18)16(19-14)11(8-17)6-10-7-15-13-5-3-2-4-12(10)13/h2-5,7,11,15H,6,14H2,1H3/t11-/m0/s1. The summed E-state index contributed by atoms with van der Waals surface area (Å²) in [4.78, 5) is 29.8. The summed E-state index contributed by atoms with van der Waals surface area (Å²) in [6.45, 7) is 1.27. The third kappa shape index (κ3) is 2.64. The molecule has 6 heteroatoms. The van der Waals surface area contributed by atoms with Gasteiger partial charge in [-0.05, 0) is 11.6 Å². The number of amides is 1. The van der Waals surface area contributed by atoms with Crippen molar-refractivity contribution in [3.63, 3.8) is 0 Å². The van der Waals surface area contributed by atoms with Crippen LogP contribution in [0.3, 0.4) is 0 Å². The van der Waals surface area contributed by atoms with Crippen molar-refractivity contribution in [1.82, 2.24) is 10.0 Å². The topological polar surface area (TPSA) is 88.4 Å². The van der Waals surface area contributed by atoms with Gasteiger partial charge in [-0.25, -0.2) is 0 Å². The zero-order valence-electron chi connectivity index (χ0n) is 10.4. The molecule has 99 valence electrons. The maximum Gasteiger partial charge on any atom is 0.245 e. The number of hydrogen-bond donors (Lipinski definition) is 2. The van der Waals surface area contributed by atoms with Gasteiger partial charge in [0, 0.05) is 30.4 Å². The molecule has 0 saturated heterocycles. The van der Waals surface area contributed by atoms with E-state index in [0.717, 1.165) is 21.5 Å². The molecule has 0 fully saturated rings. The van der Waals surface area contributed by atoms with Crippen molar-refractivity contribution in [3.8, 4) is 0 Å². The molecule has 0 unspecified atom stereocenters. The van der Waals surface area contributed by atoms with Crippen LogP contribution in [0.1, 0.15) is 12.5 Å². The van der Waals surface area contributed by atoms with Gasteiger partial charge >= 0.3 is 0 Å². The summed E-state index contributed by atoms with van der Waals surface area (Å²) in [5.74, 6) is 4.56. The van der Waals surface area contributed by atoms with Gasteiger partial charge in [0.1, 0.15) is 6.04 Å². The minimum atomic E-state index is -0.873. The summed E-state index contributed by atoms with van der Waals surface area (Å²) in [6, 6.07) is 6.81. The fourth-order valence-corrected chi connectivity index (χ4v) is 2.05. The van der Waals surface area contributed by atoms with Crippen LogP contribution in [0, 0.1) is 0 Å². The first-order chi connectivity index (χ1) is 9.17. The summed E-state index contributed by atoms with van der Waals surface area (Å²) >= 11 is 0. The summed E-state index contributed by atoms with van der Waals surface area (Å²) in [7, 11) is 0. The highest BCUT2D eigenvalue weighted by Crippen LogP contribution is 2.20. The van der Waals surface area contributed by atoms with Gasteiger partial charge in [-0.1, -0.05) is 18.2 Å². The molecule has 0 aliphatic heterocycles. The predicted octanol–water partition coefficient (Wildman–Crippen LogP) is 0.843. The molecular formula is C13H14N3O3. The second-order valence-corrected chi connectivity index (χ2v) is 4.15. The first kappa shape index (κ1) is 13.3. The van der Waals surface area contributed by atoms with E-state index < -0.39 is 11.9 Å². The van der Waals surface area contributed by atoms with Gasteiger partial charge < -0.3 is 4.98 Å². The molecule has 3 N–H and O–H groups in total. The molecule has 1 aromatic carbocycles. The number of rotatable bonds is 5. The van der Waals surface area contributed by atoms with Crippen LogP contribution < -0.4 is 5.90 Å². The van der Waals surface area contributed by atoms with E-state index in [1.807, 2.05) is 24.3 Å². The Balaban J connectivity index is 2.27. The van der Waals surface area contributed by atoms with E-state index in [0.29, 0.717) is 0 Å². The van der Waals surface area contributed by atoms with E-state index in [1.165, 1.54) is 6.92 Å². The van der Waals surface area contributed by atoms with Crippen molar-refractivity contribution in [1.29, 1.82) is 0 Å². The second kappa shape index (κ2) is 5.64. The van der Waals surface area contributed by atoms with Crippen molar-refractivity contribution in [2.45, 2.75) is 19.4 Å². The lowest BCUT2D eigenvalue weighted by molar-refractivity contribution is -0.192. The van der Waals surface area contributed by atoms with Gasteiger partial charge in [-0.15, -0.1) is 0 Å². The molecule has 0 saturated carbocycles. The van der Waals surface area contributed by atoms with Crippen molar-refractivity contribution in [2.24, 2.45) is 5.90 Å². The molecule has 0 bridgehead atoms. The second-order valence-electron chi connectivity index (χ2n) is 4.15. The monoisotopic (exact) mass is 260 g/mol. The highest BCUT2D eigenvalue weighted by molar-refractivity contribution is 5.84. The van der Waals surface area contributed by atoms with E-state index in [4.69, 9.17) is 5.90 Å². The number of benzene rings is 1. The first-order valence-electron chi connectivity index (χ1n) is 5.76. The molecule has 1 radical (unpaired) electrons. The number of nitrogens with one attached hydrogen (secondary N) is 1. The molecule has 2 rings (SSSR count). The normalized spacial score (nSPS) is 12.3. The number of carbonyl (C=O) groups is 1. The summed E-state index contributed by atoms with van der Waals surface area (Å²) < 4.78 is 0. The lowest BCUT2D eigenvalue weighted by atomic mass is 10.1. The molecule has 19 heavy (non-hydrogen) atoms. The van der Waals surface area contributed by atoms with Gasteiger partial charge in [0.2, 0.25) is 12.2 Å². The first-order valence-corrected chi connectivity index (χ1v) is 5.76. The number of carbonyl (C=O) groups excluding carboxylic acids is 2. The van der Waals surface area contributed by atoms with Crippen molar-refractivity contribution in [3.05, 3.63) is 36.0 Å². The van der Waals surface area contributed by atoms with Crippen LogP contribution in [0.2, 0.25) is 0 Å². The van der Waals surface area contributed by atoms with Gasteiger partial charge in [-0.3, -0.25) is 9.59 Å². The Morgan fingerprint density at radius 2 is 2.26 bits per heavy atom. The zero-order valence-corrected chi connectivity index (χ0v) is 10.4. The van der Waals surface area contributed by atoms with Gasteiger partial charge in [0.05, 0.1) is 0 Å².